The molecule has 0 saturated heterocycles. The van der Waals surface area contributed by atoms with Crippen molar-refractivity contribution in [1.29, 1.82) is 0 Å². The number of carbonyl (C=O) groups is 1. The molecular weight excluding hydrogens is 276 g/mol. The van der Waals surface area contributed by atoms with Crippen LogP contribution >= 0.6 is 0 Å². The number of aryl methyl sites for hydroxylation is 1. The van der Waals surface area contributed by atoms with Crippen LogP contribution in [0.25, 0.3) is 11.0 Å². The number of benzene rings is 1. The molecule has 1 heterocycles. The Labute approximate surface area is 120 Å². The van der Waals surface area contributed by atoms with Crippen molar-refractivity contribution in [2.45, 2.75) is 31.2 Å². The number of para-hydroxylation sites is 2. The Morgan fingerprint density at radius 3 is 2.45 bits per heavy atom. The third-order valence-corrected chi connectivity index (χ3v) is 5.21. The Morgan fingerprint density at radius 1 is 1.35 bits per heavy atom. The number of fused-ring (bicyclic) bond motifs is 1. The Bertz CT molecular complexity index is 685. The van der Waals surface area contributed by atoms with Gasteiger partial charge in [-0.05, 0) is 17.5 Å². The first-order valence-electron chi connectivity index (χ1n) is 6.28. The van der Waals surface area contributed by atoms with Crippen LogP contribution in [0.3, 0.4) is 0 Å². The zero-order valence-electron chi connectivity index (χ0n) is 12.0. The lowest BCUT2D eigenvalue weighted by atomic mass is 9.92. The summed E-state index contributed by atoms with van der Waals surface area (Å²) in [6, 6.07) is 7.41. The van der Waals surface area contributed by atoms with Crippen LogP contribution in [0.1, 0.15) is 20.8 Å². The molecule has 1 N–H and O–H groups in total. The first-order valence-corrected chi connectivity index (χ1v) is 7.49. The minimum absolute atomic E-state index is 0.300. The molecule has 6 heteroatoms. The summed E-state index contributed by atoms with van der Waals surface area (Å²) in [6.07, 6.45) is 0. The maximum atomic E-state index is 12.7. The summed E-state index contributed by atoms with van der Waals surface area (Å²) in [6.45, 7) is 5.31. The maximum absolute atomic E-state index is 12.7. The summed E-state index contributed by atoms with van der Waals surface area (Å²) in [5.41, 5.74) is 0.944. The minimum atomic E-state index is -1.71. The van der Waals surface area contributed by atoms with E-state index in [0.717, 1.165) is 11.0 Å². The van der Waals surface area contributed by atoms with Gasteiger partial charge in [-0.1, -0.05) is 32.9 Å². The molecule has 20 heavy (non-hydrogen) atoms. The van der Waals surface area contributed by atoms with Crippen molar-refractivity contribution >= 4 is 27.8 Å². The molecule has 5 nitrogen and oxygen atoms in total. The minimum Gasteiger partial charge on any atom is -0.480 e. The van der Waals surface area contributed by atoms with E-state index < -0.39 is 27.4 Å². The molecule has 0 amide bonds. The number of rotatable bonds is 3. The SMILES string of the molecule is Cn1c(S(=O)[C@H](C(=O)O)C(C)(C)C)nc2ccccc21. The van der Waals surface area contributed by atoms with E-state index in [2.05, 4.69) is 4.98 Å². The molecule has 1 aromatic carbocycles. The summed E-state index contributed by atoms with van der Waals surface area (Å²) < 4.78 is 14.4. The fraction of sp³-hybridized carbons (Fsp3) is 0.429. The molecular formula is C14H18N2O3S. The number of hydrogen-bond acceptors (Lipinski definition) is 3. The van der Waals surface area contributed by atoms with E-state index in [4.69, 9.17) is 0 Å². The van der Waals surface area contributed by atoms with Crippen molar-refractivity contribution in [3.8, 4) is 0 Å². The van der Waals surface area contributed by atoms with Crippen molar-refractivity contribution in [2.24, 2.45) is 12.5 Å². The summed E-state index contributed by atoms with van der Waals surface area (Å²) >= 11 is 0. The number of aromatic nitrogens is 2. The molecule has 2 atom stereocenters. The van der Waals surface area contributed by atoms with Crippen LogP contribution in [0, 0.1) is 5.41 Å². The van der Waals surface area contributed by atoms with Crippen LogP contribution in [0.5, 0.6) is 0 Å². The van der Waals surface area contributed by atoms with Crippen molar-refractivity contribution < 1.29 is 14.1 Å². The largest absolute Gasteiger partial charge is 0.480 e. The molecule has 0 aliphatic rings. The Balaban J connectivity index is 2.55. The fourth-order valence-electron chi connectivity index (χ4n) is 2.19. The van der Waals surface area contributed by atoms with Crippen LogP contribution in [-0.2, 0) is 22.6 Å². The molecule has 0 radical (unpaired) electrons. The highest BCUT2D eigenvalue weighted by Crippen LogP contribution is 2.28. The normalized spacial score (nSPS) is 15.2. The van der Waals surface area contributed by atoms with E-state index in [9.17, 15) is 14.1 Å². The van der Waals surface area contributed by atoms with E-state index in [1.54, 1.807) is 32.4 Å². The van der Waals surface area contributed by atoms with E-state index in [0.29, 0.717) is 5.16 Å². The average Bonchev–Trinajstić information content (AvgIpc) is 2.65. The monoisotopic (exact) mass is 294 g/mol. The van der Waals surface area contributed by atoms with Crippen LogP contribution in [0.4, 0.5) is 0 Å². The lowest BCUT2D eigenvalue weighted by Gasteiger charge is -2.25. The van der Waals surface area contributed by atoms with Crippen molar-refractivity contribution in [2.75, 3.05) is 0 Å². The standard InChI is InChI=1S/C14H18N2O3S/c1-14(2,3)11(12(17)18)20(19)13-15-9-7-5-6-8-10(9)16(13)4/h5-8,11H,1-4H3,(H,17,18)/t11-,20?/m1/s1. The Morgan fingerprint density at radius 2 is 1.95 bits per heavy atom. The molecule has 0 saturated carbocycles. The van der Waals surface area contributed by atoms with Gasteiger partial charge in [0.05, 0.1) is 11.0 Å². The highest BCUT2D eigenvalue weighted by Gasteiger charge is 2.39. The predicted octanol–water partition coefficient (Wildman–Crippen LogP) is 2.18. The summed E-state index contributed by atoms with van der Waals surface area (Å²) in [5.74, 6) is -1.07. The second kappa shape index (κ2) is 5.01. The number of carboxylic acid groups (broad SMARTS) is 1. The lowest BCUT2D eigenvalue weighted by molar-refractivity contribution is -0.138. The van der Waals surface area contributed by atoms with Crippen molar-refractivity contribution in [1.82, 2.24) is 9.55 Å². The second-order valence-electron chi connectivity index (χ2n) is 5.82. The van der Waals surface area contributed by atoms with Gasteiger partial charge in [0.25, 0.3) is 0 Å². The van der Waals surface area contributed by atoms with Gasteiger partial charge in [0.15, 0.2) is 0 Å². The van der Waals surface area contributed by atoms with Crippen LogP contribution in [0.15, 0.2) is 29.4 Å². The van der Waals surface area contributed by atoms with Gasteiger partial charge < -0.3 is 9.67 Å². The molecule has 0 bridgehead atoms. The van der Waals surface area contributed by atoms with E-state index in [1.165, 1.54) is 0 Å². The quantitative estimate of drug-likeness (QED) is 0.941. The molecule has 1 aromatic heterocycles. The lowest BCUT2D eigenvalue weighted by Crippen LogP contribution is -2.39. The van der Waals surface area contributed by atoms with Crippen LogP contribution in [0.2, 0.25) is 0 Å². The highest BCUT2D eigenvalue weighted by molar-refractivity contribution is 7.86. The van der Waals surface area contributed by atoms with Gasteiger partial charge in [0, 0.05) is 7.05 Å². The van der Waals surface area contributed by atoms with Crippen molar-refractivity contribution in [3.63, 3.8) is 0 Å². The summed E-state index contributed by atoms with van der Waals surface area (Å²) in [7, 11) is 0.0414. The van der Waals surface area contributed by atoms with Gasteiger partial charge in [-0.15, -0.1) is 0 Å². The average molecular weight is 294 g/mol. The molecule has 1 unspecified atom stereocenters. The summed E-state index contributed by atoms with van der Waals surface area (Å²) in [4.78, 5) is 15.8. The molecule has 0 aliphatic heterocycles. The van der Waals surface area contributed by atoms with E-state index in [-0.39, 0.29) is 0 Å². The first-order chi connectivity index (χ1) is 9.23. The molecule has 0 aliphatic carbocycles. The van der Waals surface area contributed by atoms with Gasteiger partial charge in [-0.25, -0.2) is 4.98 Å². The third-order valence-electron chi connectivity index (χ3n) is 3.15. The third kappa shape index (κ3) is 2.47. The van der Waals surface area contributed by atoms with Gasteiger partial charge in [-0.2, -0.15) is 0 Å². The van der Waals surface area contributed by atoms with Gasteiger partial charge in [0.2, 0.25) is 5.16 Å². The smallest absolute Gasteiger partial charge is 0.320 e. The highest BCUT2D eigenvalue weighted by atomic mass is 32.2. The Kier molecular flexibility index (Phi) is 3.69. The Hall–Kier alpha value is -1.69. The van der Waals surface area contributed by atoms with Crippen LogP contribution in [-0.4, -0.2) is 30.1 Å². The zero-order chi connectivity index (χ0) is 15.1. The summed E-state index contributed by atoms with van der Waals surface area (Å²) in [5, 5.41) is 8.67. The molecule has 0 fully saturated rings. The van der Waals surface area contributed by atoms with E-state index in [1.807, 2.05) is 24.3 Å². The maximum Gasteiger partial charge on any atom is 0.320 e. The van der Waals surface area contributed by atoms with Gasteiger partial charge in [0.1, 0.15) is 16.0 Å². The number of carboxylic acids is 1. The molecule has 108 valence electrons. The topological polar surface area (TPSA) is 72.2 Å². The molecule has 2 aromatic rings. The second-order valence-corrected chi connectivity index (χ2v) is 7.26. The number of nitrogens with zero attached hydrogens (tertiary/aromatic N) is 2. The number of imidazole rings is 1. The van der Waals surface area contributed by atoms with E-state index >= 15 is 0 Å². The number of hydrogen-bond donors (Lipinski definition) is 1. The van der Waals surface area contributed by atoms with Gasteiger partial charge in [-0.3, -0.25) is 9.00 Å². The fourth-order valence-corrected chi connectivity index (χ4v) is 3.78. The zero-order valence-corrected chi connectivity index (χ0v) is 12.8. The molecule has 0 spiro atoms. The van der Waals surface area contributed by atoms with Gasteiger partial charge >= 0.3 is 5.97 Å². The van der Waals surface area contributed by atoms with Crippen LogP contribution < -0.4 is 0 Å². The number of aliphatic carboxylic acids is 1. The van der Waals surface area contributed by atoms with Crippen molar-refractivity contribution in [3.05, 3.63) is 24.3 Å². The first kappa shape index (κ1) is 14.7. The molecule has 2 rings (SSSR count). The predicted molar refractivity (Wildman–Crippen MR) is 78.0 cm³/mol.